The van der Waals surface area contributed by atoms with Crippen LogP contribution in [0.1, 0.15) is 17.5 Å². The van der Waals surface area contributed by atoms with Gasteiger partial charge in [-0.2, -0.15) is 0 Å². The average Bonchev–Trinajstić information content (AvgIpc) is 2.52. The molecule has 0 fully saturated rings. The van der Waals surface area contributed by atoms with Gasteiger partial charge in [-0.1, -0.05) is 58.4 Å². The van der Waals surface area contributed by atoms with Gasteiger partial charge in [-0.05, 0) is 36.1 Å². The van der Waals surface area contributed by atoms with Crippen molar-refractivity contribution < 1.29 is 9.59 Å². The first kappa shape index (κ1) is 16.2. The number of carbonyl (C=O) groups is 2. The summed E-state index contributed by atoms with van der Waals surface area (Å²) in [6.07, 6.45) is 1.53. The summed E-state index contributed by atoms with van der Waals surface area (Å²) in [4.78, 5) is 23.1. The van der Waals surface area contributed by atoms with E-state index in [4.69, 9.17) is 5.73 Å². The van der Waals surface area contributed by atoms with Crippen LogP contribution in [0.4, 0.5) is 0 Å². The molecule has 0 aliphatic rings. The summed E-state index contributed by atoms with van der Waals surface area (Å²) in [6, 6.07) is 16.9. The standard InChI is InChI=1S/C17H17BrN2O2/c18-15-8-4-5-13(11-15)9-10-17(16(19)22,20-12-21)14-6-2-1-3-7-14/h1-8,11-12H,9-10H2,(H2,19,22)(H,20,21). The Kier molecular flexibility index (Phi) is 5.33. The molecule has 1 unspecified atom stereocenters. The molecule has 0 aliphatic heterocycles. The minimum atomic E-state index is -1.20. The Balaban J connectivity index is 2.32. The zero-order valence-electron chi connectivity index (χ0n) is 12.0. The largest absolute Gasteiger partial charge is 0.367 e. The molecule has 0 bridgehead atoms. The van der Waals surface area contributed by atoms with Crippen LogP contribution in [0.3, 0.4) is 0 Å². The van der Waals surface area contributed by atoms with Crippen LogP contribution in [-0.2, 0) is 21.5 Å². The number of rotatable bonds is 7. The fourth-order valence-electron chi connectivity index (χ4n) is 2.48. The van der Waals surface area contributed by atoms with Gasteiger partial charge >= 0.3 is 0 Å². The van der Waals surface area contributed by atoms with Crippen LogP contribution in [0, 0.1) is 0 Å². The van der Waals surface area contributed by atoms with E-state index in [1.807, 2.05) is 42.5 Å². The SMILES string of the molecule is NC(=O)C(CCc1cccc(Br)c1)(NC=O)c1ccccc1. The van der Waals surface area contributed by atoms with Crippen molar-refractivity contribution in [2.45, 2.75) is 18.4 Å². The molecule has 3 N–H and O–H groups in total. The maximum absolute atomic E-state index is 12.1. The molecule has 0 radical (unpaired) electrons. The Morgan fingerprint density at radius 3 is 2.50 bits per heavy atom. The van der Waals surface area contributed by atoms with E-state index < -0.39 is 11.4 Å². The molecule has 2 rings (SSSR count). The third kappa shape index (κ3) is 3.54. The molecular formula is C17H17BrN2O2. The zero-order valence-corrected chi connectivity index (χ0v) is 13.5. The van der Waals surface area contributed by atoms with Crippen LogP contribution in [0.5, 0.6) is 0 Å². The molecule has 0 heterocycles. The third-order valence-corrected chi connectivity index (χ3v) is 4.16. The van der Waals surface area contributed by atoms with Gasteiger partial charge in [-0.3, -0.25) is 9.59 Å². The van der Waals surface area contributed by atoms with Crippen LogP contribution in [0.25, 0.3) is 0 Å². The second-order valence-electron chi connectivity index (χ2n) is 5.03. The number of primary amides is 1. The third-order valence-electron chi connectivity index (χ3n) is 3.67. The fraction of sp³-hybridized carbons (Fsp3) is 0.176. The first-order chi connectivity index (χ1) is 10.6. The molecule has 1 atom stereocenters. The Morgan fingerprint density at radius 1 is 1.18 bits per heavy atom. The lowest BCUT2D eigenvalue weighted by molar-refractivity contribution is -0.128. The molecule has 0 saturated carbocycles. The summed E-state index contributed by atoms with van der Waals surface area (Å²) in [6.45, 7) is 0. The Labute approximate surface area is 137 Å². The number of nitrogens with one attached hydrogen (secondary N) is 1. The molecular weight excluding hydrogens is 344 g/mol. The predicted octanol–water partition coefficient (Wildman–Crippen LogP) is 2.51. The van der Waals surface area contributed by atoms with Crippen molar-refractivity contribution >= 4 is 28.2 Å². The number of nitrogens with two attached hydrogens (primary N) is 1. The average molecular weight is 361 g/mol. The zero-order chi connectivity index (χ0) is 16.0. The van der Waals surface area contributed by atoms with Crippen molar-refractivity contribution in [3.8, 4) is 0 Å². The van der Waals surface area contributed by atoms with Crippen molar-refractivity contribution in [2.24, 2.45) is 5.73 Å². The van der Waals surface area contributed by atoms with Gasteiger partial charge in [0.1, 0.15) is 5.54 Å². The van der Waals surface area contributed by atoms with Gasteiger partial charge in [-0.15, -0.1) is 0 Å². The lowest BCUT2D eigenvalue weighted by atomic mass is 9.83. The second kappa shape index (κ2) is 7.22. The van der Waals surface area contributed by atoms with E-state index in [0.29, 0.717) is 24.8 Å². The van der Waals surface area contributed by atoms with Crippen LogP contribution >= 0.6 is 15.9 Å². The highest BCUT2D eigenvalue weighted by Gasteiger charge is 2.37. The topological polar surface area (TPSA) is 72.2 Å². The van der Waals surface area contributed by atoms with Crippen LogP contribution in [0.15, 0.2) is 59.1 Å². The summed E-state index contributed by atoms with van der Waals surface area (Å²) in [5.74, 6) is -0.569. The minimum absolute atomic E-state index is 0.390. The van der Waals surface area contributed by atoms with Crippen LogP contribution in [0.2, 0.25) is 0 Å². The van der Waals surface area contributed by atoms with Crippen LogP contribution in [-0.4, -0.2) is 12.3 Å². The normalized spacial score (nSPS) is 13.1. The van der Waals surface area contributed by atoms with E-state index in [1.54, 1.807) is 12.1 Å². The maximum Gasteiger partial charge on any atom is 0.247 e. The number of hydrogen-bond acceptors (Lipinski definition) is 2. The van der Waals surface area contributed by atoms with E-state index in [9.17, 15) is 9.59 Å². The number of halogens is 1. The lowest BCUT2D eigenvalue weighted by Crippen LogP contribution is -2.52. The number of amides is 2. The van der Waals surface area contributed by atoms with Gasteiger partial charge in [0, 0.05) is 4.47 Å². The molecule has 5 heteroatoms. The minimum Gasteiger partial charge on any atom is -0.367 e. The summed E-state index contributed by atoms with van der Waals surface area (Å²) in [5, 5.41) is 2.63. The molecule has 114 valence electrons. The van der Waals surface area contributed by atoms with Crippen molar-refractivity contribution in [2.75, 3.05) is 0 Å². The Hall–Kier alpha value is -2.14. The van der Waals surface area contributed by atoms with E-state index in [-0.39, 0.29) is 0 Å². The van der Waals surface area contributed by atoms with Gasteiger partial charge in [0.2, 0.25) is 12.3 Å². The summed E-state index contributed by atoms with van der Waals surface area (Å²) in [5.41, 5.74) is 6.15. The Bertz CT molecular complexity index is 661. The first-order valence-electron chi connectivity index (χ1n) is 6.90. The van der Waals surface area contributed by atoms with Gasteiger partial charge in [0.05, 0.1) is 0 Å². The highest BCUT2D eigenvalue weighted by molar-refractivity contribution is 9.10. The molecule has 22 heavy (non-hydrogen) atoms. The van der Waals surface area contributed by atoms with Gasteiger partial charge < -0.3 is 11.1 Å². The highest BCUT2D eigenvalue weighted by Crippen LogP contribution is 2.27. The summed E-state index contributed by atoms with van der Waals surface area (Å²) >= 11 is 3.42. The van der Waals surface area contributed by atoms with E-state index in [1.165, 1.54) is 0 Å². The van der Waals surface area contributed by atoms with Gasteiger partial charge in [0.15, 0.2) is 0 Å². The fourth-order valence-corrected chi connectivity index (χ4v) is 2.93. The van der Waals surface area contributed by atoms with Gasteiger partial charge in [-0.25, -0.2) is 0 Å². The molecule has 0 aliphatic carbocycles. The number of hydrogen-bond donors (Lipinski definition) is 2. The second-order valence-corrected chi connectivity index (χ2v) is 5.94. The molecule has 2 aromatic rings. The number of aryl methyl sites for hydroxylation is 1. The monoisotopic (exact) mass is 360 g/mol. The number of carbonyl (C=O) groups excluding carboxylic acids is 2. The quantitative estimate of drug-likeness (QED) is 0.744. The van der Waals surface area contributed by atoms with E-state index in [0.717, 1.165) is 10.0 Å². The van der Waals surface area contributed by atoms with Crippen molar-refractivity contribution in [3.05, 3.63) is 70.2 Å². The summed E-state index contributed by atoms with van der Waals surface area (Å²) < 4.78 is 0.970. The van der Waals surface area contributed by atoms with E-state index in [2.05, 4.69) is 21.2 Å². The van der Waals surface area contributed by atoms with Crippen molar-refractivity contribution in [1.82, 2.24) is 5.32 Å². The molecule has 0 aromatic heterocycles. The smallest absolute Gasteiger partial charge is 0.247 e. The lowest BCUT2D eigenvalue weighted by Gasteiger charge is -2.30. The first-order valence-corrected chi connectivity index (χ1v) is 7.69. The van der Waals surface area contributed by atoms with Gasteiger partial charge in [0.25, 0.3) is 0 Å². The molecule has 2 amide bonds. The maximum atomic E-state index is 12.1. The van der Waals surface area contributed by atoms with Crippen LogP contribution < -0.4 is 11.1 Å². The summed E-state index contributed by atoms with van der Waals surface area (Å²) in [7, 11) is 0. The van der Waals surface area contributed by atoms with E-state index >= 15 is 0 Å². The number of benzene rings is 2. The van der Waals surface area contributed by atoms with Crippen molar-refractivity contribution in [3.63, 3.8) is 0 Å². The Morgan fingerprint density at radius 2 is 1.91 bits per heavy atom. The predicted molar refractivity (Wildman–Crippen MR) is 89.0 cm³/mol. The molecule has 0 spiro atoms. The van der Waals surface area contributed by atoms with Crippen molar-refractivity contribution in [1.29, 1.82) is 0 Å². The molecule has 0 saturated heterocycles. The molecule has 2 aromatic carbocycles. The highest BCUT2D eigenvalue weighted by atomic mass is 79.9. The molecule has 4 nitrogen and oxygen atoms in total.